The number of carbonyl (C=O) groups is 2. The molecule has 2 fully saturated rings. The average Bonchev–Trinajstić information content (AvgIpc) is 3.32. The highest BCUT2D eigenvalue weighted by Gasteiger charge is 2.36. The van der Waals surface area contributed by atoms with Crippen LogP contribution in [0.3, 0.4) is 0 Å². The van der Waals surface area contributed by atoms with Crippen molar-refractivity contribution in [3.8, 4) is 0 Å². The van der Waals surface area contributed by atoms with Crippen molar-refractivity contribution in [1.82, 2.24) is 18.8 Å². The van der Waals surface area contributed by atoms with Crippen molar-refractivity contribution in [2.24, 2.45) is 0 Å². The minimum absolute atomic E-state index is 0.147. The van der Waals surface area contributed by atoms with E-state index in [0.29, 0.717) is 38.2 Å². The summed E-state index contributed by atoms with van der Waals surface area (Å²) >= 11 is 1.62. The third-order valence-electron chi connectivity index (χ3n) is 5.52. The van der Waals surface area contributed by atoms with Gasteiger partial charge in [-0.05, 0) is 43.4 Å². The molecule has 1 atom stereocenters. The minimum atomic E-state index is -3.44. The lowest BCUT2D eigenvalue weighted by Crippen LogP contribution is -2.57. The van der Waals surface area contributed by atoms with E-state index in [-0.39, 0.29) is 24.9 Å². The number of benzene rings is 1. The van der Waals surface area contributed by atoms with E-state index in [4.69, 9.17) is 0 Å². The Bertz CT molecular complexity index is 820. The first-order valence-electron chi connectivity index (χ1n) is 10.3. The summed E-state index contributed by atoms with van der Waals surface area (Å²) in [5.41, 5.74) is 0.515. The molecule has 8 nitrogen and oxygen atoms in total. The van der Waals surface area contributed by atoms with E-state index in [1.165, 1.54) is 8.61 Å². The van der Waals surface area contributed by atoms with Crippen LogP contribution in [0.4, 0.5) is 0 Å². The zero-order valence-electron chi connectivity index (χ0n) is 17.3. The molecule has 30 heavy (non-hydrogen) atoms. The summed E-state index contributed by atoms with van der Waals surface area (Å²) in [4.78, 5) is 27.3. The van der Waals surface area contributed by atoms with Crippen LogP contribution < -0.4 is 5.32 Å². The highest BCUT2D eigenvalue weighted by molar-refractivity contribution is 7.98. The molecule has 2 heterocycles. The first-order chi connectivity index (χ1) is 14.4. The number of amides is 2. The van der Waals surface area contributed by atoms with E-state index >= 15 is 0 Å². The molecular formula is C20H30N4O4S2. The topological polar surface area (TPSA) is 90.0 Å². The van der Waals surface area contributed by atoms with E-state index in [0.717, 1.165) is 18.6 Å². The first kappa shape index (κ1) is 23.1. The predicted molar refractivity (Wildman–Crippen MR) is 119 cm³/mol. The van der Waals surface area contributed by atoms with Gasteiger partial charge in [0.05, 0.1) is 0 Å². The fourth-order valence-electron chi connectivity index (χ4n) is 3.77. The quantitative estimate of drug-likeness (QED) is 0.634. The maximum Gasteiger partial charge on any atom is 0.282 e. The number of hydrogen-bond acceptors (Lipinski definition) is 5. The monoisotopic (exact) mass is 454 g/mol. The van der Waals surface area contributed by atoms with Gasteiger partial charge in [0.15, 0.2) is 0 Å². The van der Waals surface area contributed by atoms with Crippen LogP contribution in [0.1, 0.15) is 29.6 Å². The Labute approximate surface area is 183 Å². The van der Waals surface area contributed by atoms with Crippen LogP contribution in [-0.4, -0.2) is 91.1 Å². The minimum Gasteiger partial charge on any atom is -0.340 e. The molecule has 166 valence electrons. The number of nitrogens with zero attached hydrogens (tertiary/aromatic N) is 3. The average molecular weight is 455 g/mol. The number of carbonyl (C=O) groups excluding carboxylic acids is 2. The lowest BCUT2D eigenvalue weighted by Gasteiger charge is -2.37. The molecule has 3 rings (SSSR count). The summed E-state index contributed by atoms with van der Waals surface area (Å²) < 4.78 is 28.5. The second kappa shape index (κ2) is 10.6. The third-order valence-corrected chi connectivity index (χ3v) is 8.20. The molecule has 0 bridgehead atoms. The van der Waals surface area contributed by atoms with Gasteiger partial charge in [-0.2, -0.15) is 28.8 Å². The molecule has 0 aromatic heterocycles. The van der Waals surface area contributed by atoms with Gasteiger partial charge < -0.3 is 10.2 Å². The number of hydrogen-bond donors (Lipinski definition) is 1. The van der Waals surface area contributed by atoms with Crippen LogP contribution >= 0.6 is 11.8 Å². The molecule has 0 spiro atoms. The Morgan fingerprint density at radius 2 is 1.60 bits per heavy atom. The molecule has 2 aliphatic rings. The standard InChI is InChI=1S/C20H30N4O4S2/c1-29-16-9-18(21-19(25)17-7-3-2-4-8-17)20(26)22-12-14-24(15-13-22)30(27,28)23-10-5-6-11-23/h2-4,7-8,18H,5-6,9-16H2,1H3,(H,21,25). The Hall–Kier alpha value is -1.62. The summed E-state index contributed by atoms with van der Waals surface area (Å²) in [6.07, 6.45) is 4.29. The molecule has 2 saturated heterocycles. The molecule has 1 aromatic carbocycles. The highest BCUT2D eigenvalue weighted by Crippen LogP contribution is 2.18. The van der Waals surface area contributed by atoms with Gasteiger partial charge in [-0.15, -0.1) is 0 Å². The van der Waals surface area contributed by atoms with Gasteiger partial charge in [0.25, 0.3) is 16.1 Å². The van der Waals surface area contributed by atoms with E-state index < -0.39 is 16.3 Å². The fraction of sp³-hybridized carbons (Fsp3) is 0.600. The van der Waals surface area contributed by atoms with Gasteiger partial charge >= 0.3 is 0 Å². The van der Waals surface area contributed by atoms with Crippen molar-refractivity contribution in [2.75, 3.05) is 51.3 Å². The Kier molecular flexibility index (Phi) is 8.15. The zero-order valence-corrected chi connectivity index (χ0v) is 19.0. The normalized spacial score (nSPS) is 19.6. The Morgan fingerprint density at radius 3 is 2.20 bits per heavy atom. The van der Waals surface area contributed by atoms with Gasteiger partial charge in [-0.25, -0.2) is 0 Å². The van der Waals surface area contributed by atoms with Gasteiger partial charge in [-0.3, -0.25) is 9.59 Å². The van der Waals surface area contributed by atoms with Crippen LogP contribution in [0.15, 0.2) is 30.3 Å². The van der Waals surface area contributed by atoms with Gasteiger partial charge in [0.2, 0.25) is 5.91 Å². The second-order valence-corrected chi connectivity index (χ2v) is 10.4. The fourth-order valence-corrected chi connectivity index (χ4v) is 5.91. The summed E-state index contributed by atoms with van der Waals surface area (Å²) in [5, 5.41) is 2.87. The number of rotatable bonds is 8. The van der Waals surface area contributed by atoms with Crippen molar-refractivity contribution in [2.45, 2.75) is 25.3 Å². The zero-order chi connectivity index (χ0) is 21.6. The molecule has 0 radical (unpaired) electrons. The van der Waals surface area contributed by atoms with E-state index in [1.807, 2.05) is 12.3 Å². The molecule has 1 N–H and O–H groups in total. The maximum atomic E-state index is 13.1. The lowest BCUT2D eigenvalue weighted by atomic mass is 10.1. The van der Waals surface area contributed by atoms with E-state index in [1.54, 1.807) is 40.9 Å². The predicted octanol–water partition coefficient (Wildman–Crippen LogP) is 1.02. The van der Waals surface area contributed by atoms with Crippen LogP contribution in [0.25, 0.3) is 0 Å². The Morgan fingerprint density at radius 1 is 1.00 bits per heavy atom. The van der Waals surface area contributed by atoms with E-state index in [2.05, 4.69) is 5.32 Å². The number of piperazine rings is 1. The molecule has 1 aromatic rings. The molecular weight excluding hydrogens is 424 g/mol. The number of thioether (sulfide) groups is 1. The molecule has 1 unspecified atom stereocenters. The molecule has 2 aliphatic heterocycles. The largest absolute Gasteiger partial charge is 0.340 e. The summed E-state index contributed by atoms with van der Waals surface area (Å²) in [6.45, 7) is 2.39. The van der Waals surface area contributed by atoms with Crippen molar-refractivity contribution in [1.29, 1.82) is 0 Å². The van der Waals surface area contributed by atoms with Crippen LogP contribution in [0.2, 0.25) is 0 Å². The van der Waals surface area contributed by atoms with Crippen molar-refractivity contribution in [3.63, 3.8) is 0 Å². The smallest absolute Gasteiger partial charge is 0.282 e. The van der Waals surface area contributed by atoms with Gasteiger partial charge in [0, 0.05) is 44.8 Å². The Balaban J connectivity index is 1.60. The second-order valence-electron chi connectivity index (χ2n) is 7.51. The van der Waals surface area contributed by atoms with Crippen molar-refractivity contribution in [3.05, 3.63) is 35.9 Å². The molecule has 0 aliphatic carbocycles. The van der Waals surface area contributed by atoms with Crippen molar-refractivity contribution >= 4 is 33.8 Å². The van der Waals surface area contributed by atoms with Crippen molar-refractivity contribution < 1.29 is 18.0 Å². The SMILES string of the molecule is CSCCC(NC(=O)c1ccccc1)C(=O)N1CCN(S(=O)(=O)N2CCCC2)CC1. The third kappa shape index (κ3) is 5.54. The summed E-state index contributed by atoms with van der Waals surface area (Å²) in [6, 6.07) is 8.22. The maximum absolute atomic E-state index is 13.1. The molecule has 2 amide bonds. The van der Waals surface area contributed by atoms with Gasteiger partial charge in [-0.1, -0.05) is 18.2 Å². The summed E-state index contributed by atoms with van der Waals surface area (Å²) in [5.74, 6) is 0.325. The molecule has 10 heteroatoms. The van der Waals surface area contributed by atoms with Crippen LogP contribution in [0, 0.1) is 0 Å². The number of nitrogens with one attached hydrogen (secondary N) is 1. The van der Waals surface area contributed by atoms with Crippen LogP contribution in [-0.2, 0) is 15.0 Å². The highest BCUT2D eigenvalue weighted by atomic mass is 32.2. The summed E-state index contributed by atoms with van der Waals surface area (Å²) in [7, 11) is -3.44. The first-order valence-corrected chi connectivity index (χ1v) is 13.1. The van der Waals surface area contributed by atoms with Crippen LogP contribution in [0.5, 0.6) is 0 Å². The van der Waals surface area contributed by atoms with Gasteiger partial charge in [0.1, 0.15) is 6.04 Å². The molecule has 0 saturated carbocycles. The van der Waals surface area contributed by atoms with E-state index in [9.17, 15) is 18.0 Å². The lowest BCUT2D eigenvalue weighted by molar-refractivity contribution is -0.134.